The van der Waals surface area contributed by atoms with Gasteiger partial charge in [-0.05, 0) is 99.8 Å². The van der Waals surface area contributed by atoms with E-state index in [0.717, 1.165) is 49.7 Å². The number of hydrogen-bond donors (Lipinski definition) is 0. The molecule has 0 radical (unpaired) electrons. The van der Waals surface area contributed by atoms with E-state index in [1.807, 2.05) is 36.4 Å². The summed E-state index contributed by atoms with van der Waals surface area (Å²) in [6.07, 6.45) is 0. The second-order valence-corrected chi connectivity index (χ2v) is 17.0. The Balaban J connectivity index is 1.07. The van der Waals surface area contributed by atoms with Gasteiger partial charge in [0.1, 0.15) is 0 Å². The zero-order valence-electron chi connectivity index (χ0n) is 35.3. The summed E-state index contributed by atoms with van der Waals surface area (Å²) in [4.78, 5) is 15.7. The topological polar surface area (TPSA) is 48.5 Å². The highest BCUT2D eigenvalue weighted by molar-refractivity contribution is 6.26. The lowest BCUT2D eigenvalue weighted by molar-refractivity contribution is 0.953. The Kier molecular flexibility index (Phi) is 7.97. The Labute approximate surface area is 369 Å². The summed E-state index contributed by atoms with van der Waals surface area (Å²) in [6, 6.07) is 72.1. The summed E-state index contributed by atoms with van der Waals surface area (Å²) >= 11 is 0. The van der Waals surface area contributed by atoms with E-state index < -0.39 is 0 Å². The molecule has 0 amide bonds. The van der Waals surface area contributed by atoms with E-state index in [0.29, 0.717) is 17.6 Å². The molecule has 5 nitrogen and oxygen atoms in total. The van der Waals surface area contributed by atoms with Gasteiger partial charge in [0.2, 0.25) is 5.95 Å². The van der Waals surface area contributed by atoms with Gasteiger partial charge in [-0.2, -0.15) is 9.97 Å². The molecule has 0 fully saturated rings. The first-order valence-electron chi connectivity index (χ1n) is 21.9. The van der Waals surface area contributed by atoms with Gasteiger partial charge in [-0.1, -0.05) is 169 Å². The average molecular weight is 818 g/mol. The molecule has 13 rings (SSSR count). The van der Waals surface area contributed by atoms with Crippen molar-refractivity contribution in [1.82, 2.24) is 24.1 Å². The van der Waals surface area contributed by atoms with Crippen LogP contribution in [0.25, 0.3) is 121 Å². The highest BCUT2D eigenvalue weighted by Gasteiger charge is 2.24. The van der Waals surface area contributed by atoms with Gasteiger partial charge in [0.25, 0.3) is 0 Å². The smallest absolute Gasteiger partial charge is 0.238 e. The lowest BCUT2D eigenvalue weighted by Gasteiger charge is -2.14. The monoisotopic (exact) mass is 817 g/mol. The molecule has 300 valence electrons. The Bertz CT molecular complexity index is 3920. The first kappa shape index (κ1) is 36.3. The molecular weight excluding hydrogens is 779 g/mol. The summed E-state index contributed by atoms with van der Waals surface area (Å²) in [5.41, 5.74) is 12.0. The number of aromatic nitrogens is 5. The van der Waals surface area contributed by atoms with Crippen LogP contribution in [0.15, 0.2) is 200 Å². The van der Waals surface area contributed by atoms with Crippen LogP contribution in [0.3, 0.4) is 0 Å². The fraction of sp³-hybridized carbons (Fsp3) is 0.0339. The maximum atomic E-state index is 5.31. The predicted molar refractivity (Wildman–Crippen MR) is 267 cm³/mol. The third-order valence-electron chi connectivity index (χ3n) is 13.1. The molecule has 13 aromatic rings. The van der Waals surface area contributed by atoms with Crippen LogP contribution >= 0.6 is 0 Å². The van der Waals surface area contributed by atoms with Crippen molar-refractivity contribution in [3.05, 3.63) is 211 Å². The molecule has 0 aliphatic heterocycles. The van der Waals surface area contributed by atoms with Crippen LogP contribution in [-0.2, 0) is 0 Å². The highest BCUT2D eigenvalue weighted by Crippen LogP contribution is 2.43. The van der Waals surface area contributed by atoms with Crippen LogP contribution in [0.5, 0.6) is 0 Å². The molecule has 0 saturated carbocycles. The van der Waals surface area contributed by atoms with Gasteiger partial charge >= 0.3 is 0 Å². The Morgan fingerprint density at radius 2 is 0.734 bits per heavy atom. The van der Waals surface area contributed by atoms with E-state index in [1.165, 1.54) is 65.3 Å². The van der Waals surface area contributed by atoms with E-state index >= 15 is 0 Å². The molecule has 0 spiro atoms. The summed E-state index contributed by atoms with van der Waals surface area (Å²) in [5.74, 6) is 1.82. The largest absolute Gasteiger partial charge is 0.307 e. The van der Waals surface area contributed by atoms with Crippen molar-refractivity contribution in [1.29, 1.82) is 0 Å². The zero-order chi connectivity index (χ0) is 42.5. The van der Waals surface area contributed by atoms with Gasteiger partial charge in [0.05, 0.1) is 22.1 Å². The minimum absolute atomic E-state index is 0.573. The fourth-order valence-electron chi connectivity index (χ4n) is 10.1. The van der Waals surface area contributed by atoms with Crippen molar-refractivity contribution in [2.45, 2.75) is 13.8 Å². The van der Waals surface area contributed by atoms with Crippen molar-refractivity contribution in [3.63, 3.8) is 0 Å². The number of nitrogens with zero attached hydrogens (tertiary/aromatic N) is 5. The molecule has 0 bridgehead atoms. The van der Waals surface area contributed by atoms with Gasteiger partial charge in [0, 0.05) is 38.4 Å². The Morgan fingerprint density at radius 3 is 1.28 bits per heavy atom. The standard InChI is InChI=1S/C59H39N5/c1-36-21-31-53-51(33-36)48-29-30-49-52-34-37(2)22-32-54(52)64(59-61-57(39-13-5-3-6-14-39)60-58(62-59)40-15-7-4-8-16-40)56(49)55(48)63(53)42-26-23-38(24-27-42)41-25-28-47-45-19-10-9-17-43(45)44-18-11-12-20-46(44)50(47)35-41/h3-35H,1-2H3. The molecule has 0 saturated heterocycles. The van der Waals surface area contributed by atoms with Gasteiger partial charge in [0.15, 0.2) is 11.6 Å². The predicted octanol–water partition coefficient (Wildman–Crippen LogP) is 15.1. The molecule has 3 heterocycles. The molecule has 0 unspecified atom stereocenters. The van der Waals surface area contributed by atoms with Crippen LogP contribution in [0.1, 0.15) is 11.1 Å². The lowest BCUT2D eigenvalue weighted by atomic mass is 9.92. The highest BCUT2D eigenvalue weighted by atomic mass is 15.2. The van der Waals surface area contributed by atoms with Gasteiger partial charge in [-0.25, -0.2) is 4.98 Å². The maximum absolute atomic E-state index is 5.31. The molecule has 0 aliphatic carbocycles. The average Bonchev–Trinajstić information content (AvgIpc) is 3.86. The van der Waals surface area contributed by atoms with Crippen molar-refractivity contribution < 1.29 is 0 Å². The molecular formula is C59H39N5. The van der Waals surface area contributed by atoms with E-state index in [-0.39, 0.29) is 0 Å². The third kappa shape index (κ3) is 5.54. The number of benzene rings is 10. The molecule has 0 atom stereocenters. The Hall–Kier alpha value is -8.41. The van der Waals surface area contributed by atoms with Crippen LogP contribution in [-0.4, -0.2) is 24.1 Å². The second kappa shape index (κ2) is 14.1. The molecule has 10 aromatic carbocycles. The number of rotatable bonds is 5. The number of fused-ring (bicyclic) bond motifs is 13. The SMILES string of the molecule is Cc1ccc2c(c1)c1ccc3c4cc(C)ccc4n(-c4nc(-c5ccccc5)nc(-c5ccccc5)n4)c3c1n2-c1ccc(-c2ccc3c4ccccc4c4ccccc4c3c2)cc1. The van der Waals surface area contributed by atoms with Crippen LogP contribution < -0.4 is 0 Å². The molecule has 64 heavy (non-hydrogen) atoms. The van der Waals surface area contributed by atoms with Gasteiger partial charge in [-0.15, -0.1) is 0 Å². The van der Waals surface area contributed by atoms with Crippen LogP contribution in [0, 0.1) is 13.8 Å². The normalized spacial score (nSPS) is 11.9. The van der Waals surface area contributed by atoms with Crippen molar-refractivity contribution in [2.75, 3.05) is 0 Å². The summed E-state index contributed by atoms with van der Waals surface area (Å²) in [6.45, 7) is 4.33. The first-order valence-corrected chi connectivity index (χ1v) is 21.9. The minimum atomic E-state index is 0.573. The summed E-state index contributed by atoms with van der Waals surface area (Å²) in [5, 5.41) is 12.3. The quantitative estimate of drug-likeness (QED) is 0.163. The van der Waals surface area contributed by atoms with Crippen molar-refractivity contribution in [3.8, 4) is 45.5 Å². The summed E-state index contributed by atoms with van der Waals surface area (Å²) < 4.78 is 4.71. The van der Waals surface area contributed by atoms with E-state index in [9.17, 15) is 0 Å². The molecule has 0 aliphatic rings. The lowest BCUT2D eigenvalue weighted by Crippen LogP contribution is -2.07. The third-order valence-corrected chi connectivity index (χ3v) is 13.1. The second-order valence-electron chi connectivity index (χ2n) is 17.0. The van der Waals surface area contributed by atoms with Crippen molar-refractivity contribution in [2.24, 2.45) is 0 Å². The molecule has 3 aromatic heterocycles. The minimum Gasteiger partial charge on any atom is -0.307 e. The van der Waals surface area contributed by atoms with E-state index in [1.54, 1.807) is 0 Å². The zero-order valence-corrected chi connectivity index (χ0v) is 35.3. The molecule has 0 N–H and O–H groups in total. The van der Waals surface area contributed by atoms with Crippen molar-refractivity contribution >= 4 is 75.9 Å². The van der Waals surface area contributed by atoms with Gasteiger partial charge < -0.3 is 4.57 Å². The maximum Gasteiger partial charge on any atom is 0.238 e. The first-order chi connectivity index (χ1) is 31.6. The number of hydrogen-bond acceptors (Lipinski definition) is 3. The summed E-state index contributed by atoms with van der Waals surface area (Å²) in [7, 11) is 0. The van der Waals surface area contributed by atoms with Crippen LogP contribution in [0.2, 0.25) is 0 Å². The van der Waals surface area contributed by atoms with Gasteiger partial charge in [-0.3, -0.25) is 4.57 Å². The number of aryl methyl sites for hydroxylation is 2. The fourth-order valence-corrected chi connectivity index (χ4v) is 10.1. The van der Waals surface area contributed by atoms with E-state index in [4.69, 9.17) is 15.0 Å². The Morgan fingerprint density at radius 1 is 0.297 bits per heavy atom. The molecule has 5 heteroatoms. The van der Waals surface area contributed by atoms with E-state index in [2.05, 4.69) is 187 Å². The van der Waals surface area contributed by atoms with Crippen LogP contribution in [0.4, 0.5) is 0 Å².